The fraction of sp³-hybridized carbons (Fsp3) is 0.632. The summed E-state index contributed by atoms with van der Waals surface area (Å²) in [5.41, 5.74) is 3.19. The second-order valence-corrected chi connectivity index (χ2v) is 6.74. The van der Waals surface area contributed by atoms with Crippen molar-refractivity contribution in [3.8, 4) is 0 Å². The van der Waals surface area contributed by atoms with Gasteiger partial charge in [0.15, 0.2) is 5.96 Å². The van der Waals surface area contributed by atoms with Gasteiger partial charge in [0.1, 0.15) is 5.76 Å². The molecule has 0 unspecified atom stereocenters. The third kappa shape index (κ3) is 5.46. The molecule has 0 aromatic carbocycles. The molecule has 2 N–H and O–H groups in total. The topological polar surface area (TPSA) is 80.3 Å². The van der Waals surface area contributed by atoms with Crippen LogP contribution in [0.2, 0.25) is 0 Å². The predicted molar refractivity (Wildman–Crippen MR) is 117 cm³/mol. The number of nitrogens with one attached hydrogen (secondary N) is 2. The summed E-state index contributed by atoms with van der Waals surface area (Å²) in [6.07, 6.45) is 8.93. The molecule has 2 aromatic rings. The molecule has 7 nitrogen and oxygen atoms in total. The number of aliphatic imine (C=N–C) groups is 1. The van der Waals surface area contributed by atoms with Gasteiger partial charge in [-0.3, -0.25) is 9.67 Å². The molecule has 0 amide bonds. The van der Waals surface area contributed by atoms with E-state index in [4.69, 9.17) is 9.62 Å². The normalized spacial score (nSPS) is 15.0. The largest absolute Gasteiger partial charge is 0.361 e. The van der Waals surface area contributed by atoms with Crippen molar-refractivity contribution in [1.82, 2.24) is 25.6 Å². The van der Waals surface area contributed by atoms with Gasteiger partial charge in [0.2, 0.25) is 0 Å². The smallest absolute Gasteiger partial charge is 0.191 e. The average Bonchev–Trinajstić information content (AvgIpc) is 3.41. The first-order valence-corrected chi connectivity index (χ1v) is 9.70. The molecule has 150 valence electrons. The molecule has 2 heterocycles. The van der Waals surface area contributed by atoms with E-state index in [-0.39, 0.29) is 24.0 Å². The third-order valence-electron chi connectivity index (χ3n) is 5.06. The first-order valence-electron chi connectivity index (χ1n) is 9.70. The van der Waals surface area contributed by atoms with Gasteiger partial charge in [0.25, 0.3) is 0 Å². The highest BCUT2D eigenvalue weighted by molar-refractivity contribution is 14.0. The maximum atomic E-state index is 5.42. The van der Waals surface area contributed by atoms with Gasteiger partial charge in [0, 0.05) is 31.8 Å². The van der Waals surface area contributed by atoms with E-state index in [1.54, 1.807) is 7.05 Å². The van der Waals surface area contributed by atoms with Gasteiger partial charge in [-0.2, -0.15) is 5.10 Å². The van der Waals surface area contributed by atoms with Crippen LogP contribution in [-0.2, 0) is 25.9 Å². The van der Waals surface area contributed by atoms with Gasteiger partial charge in [-0.15, -0.1) is 24.0 Å². The summed E-state index contributed by atoms with van der Waals surface area (Å²) in [4.78, 5) is 4.31. The van der Waals surface area contributed by atoms with Crippen molar-refractivity contribution in [1.29, 1.82) is 0 Å². The number of aromatic nitrogens is 3. The highest BCUT2D eigenvalue weighted by atomic mass is 127. The number of halogens is 1. The van der Waals surface area contributed by atoms with Crippen LogP contribution in [0.3, 0.4) is 0 Å². The number of guanidine groups is 1. The molecule has 1 aliphatic carbocycles. The van der Waals surface area contributed by atoms with Crippen molar-refractivity contribution in [2.45, 2.75) is 71.5 Å². The molecule has 1 saturated carbocycles. The van der Waals surface area contributed by atoms with E-state index in [0.717, 1.165) is 41.5 Å². The van der Waals surface area contributed by atoms with E-state index in [1.807, 2.05) is 0 Å². The lowest BCUT2D eigenvalue weighted by molar-refractivity contribution is 0.380. The Balaban J connectivity index is 0.00000261. The summed E-state index contributed by atoms with van der Waals surface area (Å²) in [5.74, 6) is 1.70. The van der Waals surface area contributed by atoms with Crippen LogP contribution in [0.1, 0.15) is 68.3 Å². The molecule has 0 saturated heterocycles. The highest BCUT2D eigenvalue weighted by Gasteiger charge is 2.17. The molecule has 3 rings (SSSR count). The Hall–Kier alpha value is -1.58. The van der Waals surface area contributed by atoms with Gasteiger partial charge in [-0.05, 0) is 25.3 Å². The second kappa shape index (κ2) is 10.7. The van der Waals surface area contributed by atoms with Crippen LogP contribution in [0, 0.1) is 0 Å². The lowest BCUT2D eigenvalue weighted by Crippen LogP contribution is -2.36. The van der Waals surface area contributed by atoms with Crippen LogP contribution < -0.4 is 10.6 Å². The molecular formula is C19H31IN6O. The van der Waals surface area contributed by atoms with Crippen LogP contribution >= 0.6 is 24.0 Å². The molecule has 0 aliphatic heterocycles. The van der Waals surface area contributed by atoms with E-state index in [2.05, 4.69) is 51.6 Å². The molecular weight excluding hydrogens is 455 g/mol. The monoisotopic (exact) mass is 486 g/mol. The Bertz CT molecular complexity index is 711. The minimum atomic E-state index is 0. The molecule has 1 fully saturated rings. The summed E-state index contributed by atoms with van der Waals surface area (Å²) >= 11 is 0. The molecule has 2 aromatic heterocycles. The van der Waals surface area contributed by atoms with Gasteiger partial charge >= 0.3 is 0 Å². The maximum Gasteiger partial charge on any atom is 0.191 e. The summed E-state index contributed by atoms with van der Waals surface area (Å²) in [5, 5.41) is 15.6. The molecule has 0 bridgehead atoms. The number of aryl methyl sites for hydroxylation is 2. The zero-order chi connectivity index (χ0) is 18.4. The quantitative estimate of drug-likeness (QED) is 0.355. The third-order valence-corrected chi connectivity index (χ3v) is 5.06. The Kier molecular flexibility index (Phi) is 8.59. The molecule has 8 heteroatoms. The Morgan fingerprint density at radius 3 is 2.63 bits per heavy atom. The first kappa shape index (κ1) is 21.7. The van der Waals surface area contributed by atoms with Crippen LogP contribution in [0.5, 0.6) is 0 Å². The van der Waals surface area contributed by atoms with Crippen molar-refractivity contribution in [2.24, 2.45) is 4.99 Å². The first-order chi connectivity index (χ1) is 12.7. The highest BCUT2D eigenvalue weighted by Crippen LogP contribution is 2.28. The van der Waals surface area contributed by atoms with Gasteiger partial charge in [-0.25, -0.2) is 0 Å². The van der Waals surface area contributed by atoms with Gasteiger partial charge < -0.3 is 15.2 Å². The Morgan fingerprint density at radius 1 is 1.22 bits per heavy atom. The molecule has 0 spiro atoms. The summed E-state index contributed by atoms with van der Waals surface area (Å²) in [6, 6.07) is 2.66. The molecule has 0 radical (unpaired) electrons. The van der Waals surface area contributed by atoms with E-state index in [0.29, 0.717) is 19.1 Å². The molecule has 27 heavy (non-hydrogen) atoms. The zero-order valence-corrected chi connectivity index (χ0v) is 18.8. The summed E-state index contributed by atoms with van der Waals surface area (Å²) in [7, 11) is 1.78. The van der Waals surface area contributed by atoms with Gasteiger partial charge in [0.05, 0.1) is 24.0 Å². The fourth-order valence-corrected chi connectivity index (χ4v) is 3.55. The summed E-state index contributed by atoms with van der Waals surface area (Å²) in [6.45, 7) is 5.49. The maximum absolute atomic E-state index is 5.42. The van der Waals surface area contributed by atoms with Crippen LogP contribution in [0.25, 0.3) is 0 Å². The summed E-state index contributed by atoms with van der Waals surface area (Å²) < 4.78 is 7.54. The number of hydrogen-bond donors (Lipinski definition) is 2. The van der Waals surface area contributed by atoms with Crippen molar-refractivity contribution in [3.05, 3.63) is 35.0 Å². The Labute approximate surface area is 178 Å². The number of rotatable bonds is 7. The average molecular weight is 486 g/mol. The van der Waals surface area contributed by atoms with E-state index in [9.17, 15) is 0 Å². The molecule has 0 atom stereocenters. The SMILES string of the molecule is CCc1noc(CC)c1CNC(=NC)NCc1ccn(C2CCCC2)n1.I. The van der Waals surface area contributed by atoms with Crippen LogP contribution in [0.4, 0.5) is 0 Å². The van der Waals surface area contributed by atoms with Crippen molar-refractivity contribution < 1.29 is 4.52 Å². The van der Waals surface area contributed by atoms with Crippen molar-refractivity contribution in [3.63, 3.8) is 0 Å². The van der Waals surface area contributed by atoms with Crippen molar-refractivity contribution in [2.75, 3.05) is 7.05 Å². The van der Waals surface area contributed by atoms with E-state index in [1.165, 1.54) is 25.7 Å². The lowest BCUT2D eigenvalue weighted by Gasteiger charge is -2.12. The predicted octanol–water partition coefficient (Wildman–Crippen LogP) is 3.59. The van der Waals surface area contributed by atoms with Crippen LogP contribution in [-0.4, -0.2) is 27.9 Å². The second-order valence-electron chi connectivity index (χ2n) is 6.74. The standard InChI is InChI=1S/C19H30N6O.HI/c1-4-17-16(18(5-2)26-24-17)13-22-19(20-3)21-12-14-10-11-25(23-14)15-8-6-7-9-15;/h10-11,15H,4-9,12-13H2,1-3H3,(H2,20,21,22);1H. The van der Waals surface area contributed by atoms with E-state index < -0.39 is 0 Å². The minimum absolute atomic E-state index is 0. The number of hydrogen-bond acceptors (Lipinski definition) is 4. The Morgan fingerprint density at radius 2 is 1.96 bits per heavy atom. The zero-order valence-electron chi connectivity index (χ0n) is 16.5. The fourth-order valence-electron chi connectivity index (χ4n) is 3.55. The number of nitrogens with zero attached hydrogens (tertiary/aromatic N) is 4. The van der Waals surface area contributed by atoms with Crippen molar-refractivity contribution >= 4 is 29.9 Å². The molecule has 1 aliphatic rings. The lowest BCUT2D eigenvalue weighted by atomic mass is 10.1. The minimum Gasteiger partial charge on any atom is -0.361 e. The van der Waals surface area contributed by atoms with E-state index >= 15 is 0 Å². The van der Waals surface area contributed by atoms with Crippen LogP contribution in [0.15, 0.2) is 21.8 Å². The van der Waals surface area contributed by atoms with Gasteiger partial charge in [-0.1, -0.05) is 31.8 Å².